The molecule has 0 atom stereocenters. The van der Waals surface area contributed by atoms with Gasteiger partial charge >= 0.3 is 84.3 Å². The molecule has 3 aliphatic rings. The van der Waals surface area contributed by atoms with Crippen LogP contribution in [-0.2, 0) is 136 Å². The molecular weight excluding hydrogens is 2020 g/mol. The Morgan fingerprint density at radius 1 is 0.305 bits per heavy atom. The summed E-state index contributed by atoms with van der Waals surface area (Å²) >= 11 is 0. The average Bonchev–Trinajstić information content (AvgIpc) is 1.85. The average molecular weight is 2090 g/mol. The van der Waals surface area contributed by atoms with Crippen LogP contribution >= 0.6 is 0 Å². The summed E-state index contributed by atoms with van der Waals surface area (Å²) in [5.41, 5.74) is 21.5. The van der Waals surface area contributed by atoms with Crippen molar-refractivity contribution in [2.45, 2.75) is 77.6 Å². The van der Waals surface area contributed by atoms with Gasteiger partial charge in [-0.2, -0.15) is 290 Å². The summed E-state index contributed by atoms with van der Waals surface area (Å²) < 4.78 is 1.70. The Morgan fingerprint density at radius 2 is 0.590 bits per heavy atom. The van der Waals surface area contributed by atoms with Gasteiger partial charge in [0.2, 0.25) is 0 Å². The number of nitrogens with zero attached hydrogens (tertiary/aromatic N) is 13. The Hall–Kier alpha value is -9.73. The quantitative estimate of drug-likeness (QED) is 0.0677. The van der Waals surface area contributed by atoms with Crippen LogP contribution < -0.4 is 0 Å². The number of aryl methyl sites for hydroxylation is 1. The number of hydrogen-bond acceptors (Lipinski definition) is 12. The van der Waals surface area contributed by atoms with E-state index in [-0.39, 0.29) is 84.3 Å². The van der Waals surface area contributed by atoms with Crippen LogP contribution in [0.5, 0.6) is 0 Å². The van der Waals surface area contributed by atoms with Crippen molar-refractivity contribution in [1.29, 1.82) is 0 Å². The minimum atomic E-state index is 0. The Labute approximate surface area is 672 Å². The van der Waals surface area contributed by atoms with Gasteiger partial charge in [-0.15, -0.1) is 0 Å². The fourth-order valence-corrected chi connectivity index (χ4v) is 11.4. The maximum atomic E-state index is 4.66. The van der Waals surface area contributed by atoms with E-state index in [4.69, 9.17) is 0 Å². The summed E-state index contributed by atoms with van der Waals surface area (Å²) in [6.45, 7) is 1.95. The zero-order valence-corrected chi connectivity index (χ0v) is 66.3. The Bertz CT molecular complexity index is 4710. The van der Waals surface area contributed by atoms with Gasteiger partial charge < -0.3 is 0 Å². The molecule has 105 heavy (non-hydrogen) atoms. The van der Waals surface area contributed by atoms with Crippen molar-refractivity contribution in [3.8, 4) is 5.95 Å². The molecule has 526 valence electrons. The molecule has 0 N–H and O–H groups in total. The number of allylic oxidation sites excluding steroid dienone is 3. The number of hydrogen-bond donors (Lipinski definition) is 0. The van der Waals surface area contributed by atoms with Gasteiger partial charge in [0.05, 0.1) is 22.8 Å². The van der Waals surface area contributed by atoms with E-state index < -0.39 is 0 Å². The van der Waals surface area contributed by atoms with Gasteiger partial charge in [0.1, 0.15) is 0 Å². The summed E-state index contributed by atoms with van der Waals surface area (Å²) in [5, 5.41) is 4.37. The van der Waals surface area contributed by atoms with Crippen LogP contribution in [0.25, 0.3) is 5.95 Å². The molecule has 13 aromatic rings. The molecule has 3 aliphatic heterocycles. The van der Waals surface area contributed by atoms with Gasteiger partial charge in [0.25, 0.3) is 5.95 Å². The Kier molecular flexibility index (Phi) is 31.5. The number of aromatic nitrogens is 10. The van der Waals surface area contributed by atoms with Gasteiger partial charge in [-0.3, -0.25) is 15.0 Å². The standard InChI is InChI=1S/C22H18N4.3C22H17N3.4Pt/c1-17-11-13-26(25-17)22-23-12-10-21(24-22)16-20-9-5-8-19(15-20)14-18-6-3-2-4-7-18;3*1-2-6-17(7-3-1)14-18-8-4-9-19(15-18)16-20-11-13-24-22(25-20)21-10-5-12-23-21;;;;/h2-6,8-13H,14,16H2,1H3;3*1-6,8-9,11-13H,10,14,16H2;;;;/q4*-2;4*+2. The molecule has 17 heteroatoms. The monoisotopic (exact) mass is 2090 g/mol. The maximum Gasteiger partial charge on any atom is 2.00 e. The molecule has 0 amide bonds. The third kappa shape index (κ3) is 24.7. The molecule has 0 spiro atoms. The largest absolute Gasteiger partial charge is 2.00 e. The molecule has 8 aromatic carbocycles. The van der Waals surface area contributed by atoms with E-state index in [0.29, 0.717) is 12.4 Å². The number of aliphatic imine (C=N–C) groups is 3. The molecule has 0 saturated carbocycles. The molecule has 5 aromatic heterocycles. The minimum Gasteiger partial charge on any atom is -0.257 e. The maximum absolute atomic E-state index is 4.66. The summed E-state index contributed by atoms with van der Waals surface area (Å²) in [4.78, 5) is 48.9. The van der Waals surface area contributed by atoms with Gasteiger partial charge in [0.15, 0.2) is 17.5 Å². The smallest absolute Gasteiger partial charge is 0.257 e. The van der Waals surface area contributed by atoms with Crippen molar-refractivity contribution in [2.75, 3.05) is 0 Å². The molecule has 8 heterocycles. The molecular formula is C88H69N13Pt4. The molecule has 13 nitrogen and oxygen atoms in total. The second-order valence-electron chi connectivity index (χ2n) is 24.1. The third-order valence-corrected chi connectivity index (χ3v) is 16.3. The van der Waals surface area contributed by atoms with E-state index in [2.05, 4.69) is 206 Å². The van der Waals surface area contributed by atoms with Crippen LogP contribution in [0, 0.1) is 55.5 Å². The second-order valence-corrected chi connectivity index (χ2v) is 24.1. The van der Waals surface area contributed by atoms with Gasteiger partial charge in [-0.05, 0) is 88.6 Å². The first kappa shape index (κ1) is 79.4. The van der Waals surface area contributed by atoms with Crippen molar-refractivity contribution in [2.24, 2.45) is 15.0 Å². The molecule has 0 unspecified atom stereocenters. The normalized spacial score (nSPS) is 12.0. The predicted molar refractivity (Wildman–Crippen MR) is 396 cm³/mol. The van der Waals surface area contributed by atoms with E-state index in [1.165, 1.54) is 38.9 Å². The zero-order valence-electron chi connectivity index (χ0n) is 57.3. The Morgan fingerprint density at radius 3 is 0.857 bits per heavy atom. The van der Waals surface area contributed by atoms with E-state index in [0.717, 1.165) is 155 Å². The van der Waals surface area contributed by atoms with E-state index >= 15 is 0 Å². The molecule has 16 rings (SSSR count). The van der Waals surface area contributed by atoms with Crippen molar-refractivity contribution < 1.29 is 84.3 Å². The van der Waals surface area contributed by atoms with E-state index in [9.17, 15) is 0 Å². The van der Waals surface area contributed by atoms with Crippen molar-refractivity contribution >= 4 is 17.1 Å². The van der Waals surface area contributed by atoms with Crippen LogP contribution in [0.2, 0.25) is 0 Å². The molecule has 0 radical (unpaired) electrons. The topological polar surface area (TPSA) is 158 Å². The van der Waals surface area contributed by atoms with Gasteiger partial charge in [-0.1, -0.05) is 18.2 Å². The fraction of sp³-hybridized carbons (Fsp3) is 0.136. The third-order valence-electron chi connectivity index (χ3n) is 16.3. The first-order chi connectivity index (χ1) is 49.9. The fourth-order valence-electron chi connectivity index (χ4n) is 11.4. The van der Waals surface area contributed by atoms with Crippen LogP contribution in [0.1, 0.15) is 132 Å². The first-order valence-electron chi connectivity index (χ1n) is 33.7. The van der Waals surface area contributed by atoms with Crippen molar-refractivity contribution in [1.82, 2.24) is 49.7 Å². The summed E-state index contributed by atoms with van der Waals surface area (Å²) in [5.74, 6) is 2.75. The first-order valence-corrected chi connectivity index (χ1v) is 33.7. The molecule has 0 saturated heterocycles. The molecule has 0 aliphatic carbocycles. The molecule has 0 fully saturated rings. The zero-order chi connectivity index (χ0) is 68.5. The van der Waals surface area contributed by atoms with Crippen molar-refractivity contribution in [3.63, 3.8) is 0 Å². The van der Waals surface area contributed by atoms with E-state index in [1.54, 1.807) is 29.5 Å². The van der Waals surface area contributed by atoms with Gasteiger partial charge in [0, 0.05) is 91.6 Å². The SMILES string of the molecule is Cc1ccn(-c2nccc(Cc3[c-]c(Cc4[c-]cccc4)ccc3)n2)n1.[Pt+2].[Pt+2].[Pt+2].[Pt+2].[c-]1ccccc1Cc1[c-]c(Cc2ccnc(C3=NC=CC3)n2)ccc1.[c-]1ccccc1Cc1[c-]c(Cc2ccnc(C3=NC=CC3)n2)ccc1.[c-]1ccccc1Cc1[c-]c(Cc2ccnc(C3=NC=CC3)n2)ccc1. The minimum absolute atomic E-state index is 0. The Balaban J connectivity index is 0.000000160. The summed E-state index contributed by atoms with van der Waals surface area (Å²) in [7, 11) is 0. The second kappa shape index (κ2) is 41.7. The number of benzene rings is 8. The van der Waals surface area contributed by atoms with Crippen molar-refractivity contribution in [3.05, 3.63) is 429 Å². The van der Waals surface area contributed by atoms with Crippen LogP contribution in [-0.4, -0.2) is 66.8 Å². The van der Waals surface area contributed by atoms with Crippen LogP contribution in [0.4, 0.5) is 0 Å². The molecule has 0 bridgehead atoms. The summed E-state index contributed by atoms with van der Waals surface area (Å²) in [6, 6.07) is 94.2. The predicted octanol–water partition coefficient (Wildman–Crippen LogP) is 15.6. The van der Waals surface area contributed by atoms with Crippen LogP contribution in [0.3, 0.4) is 0 Å². The van der Waals surface area contributed by atoms with E-state index in [1.807, 2.05) is 153 Å². The summed E-state index contributed by atoms with van der Waals surface area (Å²) in [6.07, 6.45) is 29.2. The van der Waals surface area contributed by atoms with Gasteiger partial charge in [-0.25, -0.2) is 44.6 Å². The van der Waals surface area contributed by atoms with Crippen LogP contribution in [0.15, 0.2) is 283 Å². The number of rotatable bonds is 20.